The van der Waals surface area contributed by atoms with Crippen LogP contribution in [0.3, 0.4) is 0 Å². The quantitative estimate of drug-likeness (QED) is 0.313. The van der Waals surface area contributed by atoms with E-state index in [1.165, 1.54) is 11.6 Å². The number of carbonyl (C=O) groups is 1. The molecular weight excluding hydrogens is 432 g/mol. The van der Waals surface area contributed by atoms with Gasteiger partial charge >= 0.3 is 0 Å². The second-order valence-corrected chi connectivity index (χ2v) is 7.06. The molecule has 0 saturated carbocycles. The lowest BCUT2D eigenvalue weighted by molar-refractivity contribution is -0.117. The van der Waals surface area contributed by atoms with E-state index in [0.717, 1.165) is 17.3 Å². The second-order valence-electron chi connectivity index (χ2n) is 6.20. The van der Waals surface area contributed by atoms with Crippen molar-refractivity contribution in [2.24, 2.45) is 0 Å². The molecule has 5 nitrogen and oxygen atoms in total. The molecule has 0 unspecified atom stereocenters. The summed E-state index contributed by atoms with van der Waals surface area (Å²) in [5.74, 6) is 0.814. The normalized spacial score (nSPS) is 10.9. The molecule has 0 aliphatic carbocycles. The van der Waals surface area contributed by atoms with Crippen molar-refractivity contribution in [3.05, 3.63) is 63.6 Å². The molecule has 0 saturated heterocycles. The lowest BCUT2D eigenvalue weighted by Gasteiger charge is -2.13. The summed E-state index contributed by atoms with van der Waals surface area (Å²) < 4.78 is 12.0. The minimum absolute atomic E-state index is 0.0294. The Bertz CT molecular complexity index is 889. The Labute approximate surface area is 180 Å². The van der Waals surface area contributed by atoms with Crippen molar-refractivity contribution in [1.82, 2.24) is 5.32 Å². The van der Waals surface area contributed by atoms with Gasteiger partial charge in [-0.3, -0.25) is 4.79 Å². The molecule has 0 aliphatic heterocycles. The molecule has 0 spiro atoms. The number of ether oxygens (including phenoxy) is 2. The average molecular weight is 457 g/mol. The zero-order valence-electron chi connectivity index (χ0n) is 16.7. The van der Waals surface area contributed by atoms with Crippen LogP contribution in [0.1, 0.15) is 31.4 Å². The number of nitriles is 1. The molecule has 152 valence electrons. The molecule has 2 aromatic rings. The Kier molecular flexibility index (Phi) is 9.26. The lowest BCUT2D eigenvalue weighted by atomic mass is 10.1. The van der Waals surface area contributed by atoms with E-state index in [1.54, 1.807) is 12.1 Å². The molecule has 0 bridgehead atoms. The Morgan fingerprint density at radius 3 is 2.48 bits per heavy atom. The maximum absolute atomic E-state index is 12.4. The molecule has 1 N–H and O–H groups in total. The molecule has 0 fully saturated rings. The molecule has 6 heteroatoms. The first kappa shape index (κ1) is 22.5. The van der Waals surface area contributed by atoms with Crippen LogP contribution in [-0.2, 0) is 11.2 Å². The van der Waals surface area contributed by atoms with Crippen LogP contribution < -0.4 is 14.8 Å². The first-order valence-electron chi connectivity index (χ1n) is 9.62. The molecule has 2 aromatic carbocycles. The number of nitrogens with zero attached hydrogens (tertiary/aromatic N) is 1. The average Bonchev–Trinajstić information content (AvgIpc) is 2.73. The molecule has 0 aliphatic rings. The van der Waals surface area contributed by atoms with Crippen molar-refractivity contribution in [3.63, 3.8) is 0 Å². The van der Waals surface area contributed by atoms with Crippen molar-refractivity contribution in [2.75, 3.05) is 19.8 Å². The van der Waals surface area contributed by atoms with Crippen LogP contribution in [0.25, 0.3) is 6.08 Å². The van der Waals surface area contributed by atoms with Gasteiger partial charge in [0.05, 0.1) is 17.7 Å². The number of hydrogen-bond donors (Lipinski definition) is 1. The van der Waals surface area contributed by atoms with Gasteiger partial charge in [0, 0.05) is 18.2 Å². The zero-order valence-corrected chi connectivity index (χ0v) is 18.3. The fourth-order valence-corrected chi connectivity index (χ4v) is 3.22. The summed E-state index contributed by atoms with van der Waals surface area (Å²) in [4.78, 5) is 12.4. The van der Waals surface area contributed by atoms with E-state index in [0.29, 0.717) is 36.8 Å². The first-order valence-corrected chi connectivity index (χ1v) is 10.4. The van der Waals surface area contributed by atoms with E-state index < -0.39 is 5.91 Å². The fourth-order valence-electron chi connectivity index (χ4n) is 2.75. The Morgan fingerprint density at radius 1 is 1.14 bits per heavy atom. The highest BCUT2D eigenvalue weighted by molar-refractivity contribution is 9.10. The third kappa shape index (κ3) is 6.95. The molecule has 0 heterocycles. The van der Waals surface area contributed by atoms with Crippen LogP contribution in [0.5, 0.6) is 11.5 Å². The Morgan fingerprint density at radius 2 is 1.83 bits per heavy atom. The number of rotatable bonds is 10. The molecule has 2 rings (SSSR count). The van der Waals surface area contributed by atoms with Gasteiger partial charge in [0.25, 0.3) is 5.91 Å². The van der Waals surface area contributed by atoms with Crippen LogP contribution in [-0.4, -0.2) is 25.7 Å². The number of benzene rings is 2. The van der Waals surface area contributed by atoms with Crippen molar-refractivity contribution >= 4 is 27.9 Å². The third-order valence-corrected chi connectivity index (χ3v) is 4.72. The zero-order chi connectivity index (χ0) is 21.1. The number of carbonyl (C=O) groups excluding carboxylic acids is 1. The second kappa shape index (κ2) is 11.9. The number of halogens is 1. The minimum Gasteiger partial charge on any atom is -0.493 e. The van der Waals surface area contributed by atoms with Gasteiger partial charge in [0.15, 0.2) is 0 Å². The van der Waals surface area contributed by atoms with Crippen LogP contribution in [0.4, 0.5) is 0 Å². The fraction of sp³-hybridized carbons (Fsp3) is 0.304. The van der Waals surface area contributed by atoms with Crippen LogP contribution >= 0.6 is 15.9 Å². The van der Waals surface area contributed by atoms with Crippen molar-refractivity contribution in [1.29, 1.82) is 5.26 Å². The van der Waals surface area contributed by atoms with Gasteiger partial charge in [0.2, 0.25) is 0 Å². The van der Waals surface area contributed by atoms with Crippen LogP contribution in [0, 0.1) is 11.3 Å². The van der Waals surface area contributed by atoms with Crippen molar-refractivity contribution < 1.29 is 14.3 Å². The SMILES string of the molecule is CCOc1cc(OCC)c(/C=C(/C#N)C(=O)NCCCc2ccccc2)cc1Br. The summed E-state index contributed by atoms with van der Waals surface area (Å²) in [6.07, 6.45) is 3.21. The van der Waals surface area contributed by atoms with Gasteiger partial charge in [-0.1, -0.05) is 30.3 Å². The van der Waals surface area contributed by atoms with E-state index in [4.69, 9.17) is 9.47 Å². The molecule has 0 radical (unpaired) electrons. The molecule has 1 amide bonds. The number of nitrogens with one attached hydrogen (secondary N) is 1. The largest absolute Gasteiger partial charge is 0.493 e. The van der Waals surface area contributed by atoms with Crippen molar-refractivity contribution in [3.8, 4) is 17.6 Å². The van der Waals surface area contributed by atoms with E-state index in [9.17, 15) is 10.1 Å². The highest BCUT2D eigenvalue weighted by atomic mass is 79.9. The molecule has 0 aromatic heterocycles. The Hall–Kier alpha value is -2.78. The molecule has 29 heavy (non-hydrogen) atoms. The standard InChI is InChI=1S/C23H25BrN2O3/c1-3-28-21-15-22(29-4-2)20(24)14-18(21)13-19(16-25)23(27)26-12-8-11-17-9-6-5-7-10-17/h5-7,9-10,13-15H,3-4,8,11-12H2,1-2H3,(H,26,27)/b19-13-. The predicted molar refractivity (Wildman–Crippen MR) is 118 cm³/mol. The highest BCUT2D eigenvalue weighted by Gasteiger charge is 2.13. The van der Waals surface area contributed by atoms with E-state index in [-0.39, 0.29) is 5.57 Å². The van der Waals surface area contributed by atoms with E-state index in [1.807, 2.05) is 38.1 Å². The van der Waals surface area contributed by atoms with Gasteiger partial charge in [-0.15, -0.1) is 0 Å². The van der Waals surface area contributed by atoms with Gasteiger partial charge < -0.3 is 14.8 Å². The van der Waals surface area contributed by atoms with Gasteiger partial charge in [-0.25, -0.2) is 0 Å². The summed E-state index contributed by atoms with van der Waals surface area (Å²) in [6, 6.07) is 15.6. The number of amides is 1. The van der Waals surface area contributed by atoms with Crippen LogP contribution in [0.15, 0.2) is 52.5 Å². The molecular formula is C23H25BrN2O3. The molecule has 0 atom stereocenters. The monoisotopic (exact) mass is 456 g/mol. The maximum Gasteiger partial charge on any atom is 0.261 e. The topological polar surface area (TPSA) is 71.3 Å². The number of hydrogen-bond acceptors (Lipinski definition) is 4. The van der Waals surface area contributed by atoms with Crippen molar-refractivity contribution in [2.45, 2.75) is 26.7 Å². The predicted octanol–water partition coefficient (Wildman–Crippen LogP) is 4.90. The van der Waals surface area contributed by atoms with Gasteiger partial charge in [-0.05, 0) is 60.3 Å². The Balaban J connectivity index is 2.08. The summed E-state index contributed by atoms with van der Waals surface area (Å²) in [7, 11) is 0. The summed E-state index contributed by atoms with van der Waals surface area (Å²) >= 11 is 3.46. The summed E-state index contributed by atoms with van der Waals surface area (Å²) in [6.45, 7) is 5.25. The third-order valence-electron chi connectivity index (χ3n) is 4.10. The van der Waals surface area contributed by atoms with E-state index in [2.05, 4.69) is 33.4 Å². The number of aryl methyl sites for hydroxylation is 1. The lowest BCUT2D eigenvalue weighted by Crippen LogP contribution is -2.25. The van der Waals surface area contributed by atoms with Gasteiger partial charge in [0.1, 0.15) is 23.1 Å². The smallest absolute Gasteiger partial charge is 0.261 e. The van der Waals surface area contributed by atoms with E-state index >= 15 is 0 Å². The first-order chi connectivity index (χ1) is 14.1. The maximum atomic E-state index is 12.4. The summed E-state index contributed by atoms with van der Waals surface area (Å²) in [5, 5.41) is 12.3. The highest BCUT2D eigenvalue weighted by Crippen LogP contribution is 2.34. The van der Waals surface area contributed by atoms with Gasteiger partial charge in [-0.2, -0.15) is 5.26 Å². The summed E-state index contributed by atoms with van der Waals surface area (Å²) in [5.41, 5.74) is 1.89. The van der Waals surface area contributed by atoms with Crippen LogP contribution in [0.2, 0.25) is 0 Å². The minimum atomic E-state index is -0.395.